The molecule has 6 nitrogen and oxygen atoms in total. The van der Waals surface area contributed by atoms with Gasteiger partial charge in [-0.25, -0.2) is 8.42 Å². The maximum atomic E-state index is 13.2. The van der Waals surface area contributed by atoms with E-state index >= 15 is 0 Å². The fraction of sp³-hybridized carbons (Fsp3) is 0.429. The van der Waals surface area contributed by atoms with Crippen molar-refractivity contribution in [3.8, 4) is 5.75 Å². The lowest BCUT2D eigenvalue weighted by molar-refractivity contribution is -0.909. The van der Waals surface area contributed by atoms with Crippen molar-refractivity contribution in [1.29, 1.82) is 0 Å². The van der Waals surface area contributed by atoms with E-state index in [1.165, 1.54) is 12.0 Å². The van der Waals surface area contributed by atoms with Crippen LogP contribution in [0.5, 0.6) is 5.75 Å². The van der Waals surface area contributed by atoms with Crippen LogP contribution >= 0.6 is 0 Å². The molecule has 1 aliphatic rings. The molecule has 0 amide bonds. The van der Waals surface area contributed by atoms with E-state index in [1.54, 1.807) is 12.1 Å². The van der Waals surface area contributed by atoms with Crippen LogP contribution in [-0.2, 0) is 14.8 Å². The van der Waals surface area contributed by atoms with E-state index in [9.17, 15) is 8.42 Å². The van der Waals surface area contributed by atoms with Crippen molar-refractivity contribution in [3.05, 3.63) is 59.2 Å². The SMILES string of the molecule is COc1ccc(C)cc1S(=O)(=O)N[C@@H](C[NH+]1CCOCC1)c1ccc(C)cc1. The fourth-order valence-electron chi connectivity index (χ4n) is 3.42. The highest BCUT2D eigenvalue weighted by atomic mass is 32.2. The number of aryl methyl sites for hydroxylation is 2. The Morgan fingerprint density at radius 2 is 1.71 bits per heavy atom. The largest absolute Gasteiger partial charge is 0.495 e. The molecule has 0 unspecified atom stereocenters. The van der Waals surface area contributed by atoms with E-state index in [0.29, 0.717) is 25.5 Å². The Bertz CT molecular complexity index is 891. The normalized spacial score (nSPS) is 16.7. The van der Waals surface area contributed by atoms with Crippen molar-refractivity contribution in [2.45, 2.75) is 24.8 Å². The number of hydrogen-bond donors (Lipinski definition) is 2. The lowest BCUT2D eigenvalue weighted by Gasteiger charge is -2.28. The predicted octanol–water partition coefficient (Wildman–Crippen LogP) is 1.25. The van der Waals surface area contributed by atoms with Gasteiger partial charge in [-0.2, -0.15) is 4.72 Å². The molecule has 0 spiro atoms. The van der Waals surface area contributed by atoms with Crippen LogP contribution in [0.15, 0.2) is 47.4 Å². The van der Waals surface area contributed by atoms with Crippen molar-refractivity contribution in [3.63, 3.8) is 0 Å². The minimum atomic E-state index is -3.75. The monoisotopic (exact) mass is 405 g/mol. The van der Waals surface area contributed by atoms with Crippen LogP contribution < -0.4 is 14.4 Å². The second-order valence-corrected chi connectivity index (χ2v) is 8.99. The summed E-state index contributed by atoms with van der Waals surface area (Å²) in [5, 5.41) is 0. The Morgan fingerprint density at radius 3 is 2.36 bits per heavy atom. The number of ether oxygens (including phenoxy) is 2. The summed E-state index contributed by atoms with van der Waals surface area (Å²) in [5.74, 6) is 0.347. The maximum absolute atomic E-state index is 13.2. The Hall–Kier alpha value is -1.93. The zero-order chi connectivity index (χ0) is 20.1. The van der Waals surface area contributed by atoms with Crippen molar-refractivity contribution < 1.29 is 22.8 Å². The molecule has 2 aromatic carbocycles. The Balaban J connectivity index is 1.91. The van der Waals surface area contributed by atoms with E-state index in [4.69, 9.17) is 9.47 Å². The number of morpholine rings is 1. The lowest BCUT2D eigenvalue weighted by Crippen LogP contribution is -3.14. The van der Waals surface area contributed by atoms with Gasteiger partial charge in [-0.1, -0.05) is 35.9 Å². The van der Waals surface area contributed by atoms with Gasteiger partial charge < -0.3 is 14.4 Å². The van der Waals surface area contributed by atoms with Crippen LogP contribution in [0.1, 0.15) is 22.7 Å². The minimum Gasteiger partial charge on any atom is -0.495 e. The van der Waals surface area contributed by atoms with E-state index in [1.807, 2.05) is 44.2 Å². The van der Waals surface area contributed by atoms with Gasteiger partial charge in [0.25, 0.3) is 0 Å². The third kappa shape index (κ3) is 5.11. The standard InChI is InChI=1S/C21H28N2O4S/c1-16-4-7-18(8-5-16)19(15-23-10-12-27-13-11-23)22-28(24,25)21-14-17(2)6-9-20(21)26-3/h4-9,14,19,22H,10-13,15H2,1-3H3/p+1/t19-/m0/s1. The molecule has 1 fully saturated rings. The molecule has 3 rings (SSSR count). The van der Waals surface area contributed by atoms with E-state index in [-0.39, 0.29) is 10.9 Å². The van der Waals surface area contributed by atoms with Gasteiger partial charge in [-0.05, 0) is 37.1 Å². The summed E-state index contributed by atoms with van der Waals surface area (Å²) in [4.78, 5) is 1.50. The summed E-state index contributed by atoms with van der Waals surface area (Å²) in [6, 6.07) is 12.9. The highest BCUT2D eigenvalue weighted by Crippen LogP contribution is 2.26. The molecular weight excluding hydrogens is 376 g/mol. The molecule has 0 aliphatic carbocycles. The predicted molar refractivity (Wildman–Crippen MR) is 108 cm³/mol. The molecule has 2 aromatic rings. The van der Waals surface area contributed by atoms with Gasteiger partial charge in [0.2, 0.25) is 10.0 Å². The zero-order valence-electron chi connectivity index (χ0n) is 16.7. The number of quaternary nitrogens is 1. The second kappa shape index (κ2) is 9.05. The third-order valence-electron chi connectivity index (χ3n) is 5.08. The Kier molecular flexibility index (Phi) is 6.72. The molecule has 0 bridgehead atoms. The van der Waals surface area contributed by atoms with E-state index in [2.05, 4.69) is 4.72 Å². The van der Waals surface area contributed by atoms with Crippen molar-refractivity contribution in [2.75, 3.05) is 40.0 Å². The summed E-state index contributed by atoms with van der Waals surface area (Å²) < 4.78 is 40.1. The van der Waals surface area contributed by atoms with Gasteiger partial charge in [0.1, 0.15) is 23.7 Å². The maximum Gasteiger partial charge on any atom is 0.245 e. The van der Waals surface area contributed by atoms with Crippen LogP contribution in [0.25, 0.3) is 0 Å². The molecule has 1 heterocycles. The topological polar surface area (TPSA) is 69.1 Å². The molecule has 0 radical (unpaired) electrons. The Labute approximate surface area is 167 Å². The number of methoxy groups -OCH3 is 1. The Morgan fingerprint density at radius 1 is 1.07 bits per heavy atom. The van der Waals surface area contributed by atoms with Crippen molar-refractivity contribution in [2.24, 2.45) is 0 Å². The number of hydrogen-bond acceptors (Lipinski definition) is 4. The molecule has 1 saturated heterocycles. The van der Waals surface area contributed by atoms with Crippen molar-refractivity contribution in [1.82, 2.24) is 4.72 Å². The first-order valence-corrected chi connectivity index (χ1v) is 11.0. The first-order chi connectivity index (χ1) is 13.4. The molecule has 1 atom stereocenters. The average Bonchev–Trinajstić information content (AvgIpc) is 2.69. The molecule has 1 aliphatic heterocycles. The highest BCUT2D eigenvalue weighted by Gasteiger charge is 2.28. The lowest BCUT2D eigenvalue weighted by atomic mass is 10.1. The van der Waals surface area contributed by atoms with Gasteiger partial charge >= 0.3 is 0 Å². The second-order valence-electron chi connectivity index (χ2n) is 7.31. The van der Waals surface area contributed by atoms with Gasteiger partial charge in [-0.15, -0.1) is 0 Å². The quantitative estimate of drug-likeness (QED) is 0.728. The first kappa shape index (κ1) is 20.8. The van der Waals surface area contributed by atoms with E-state index in [0.717, 1.165) is 29.8 Å². The smallest absolute Gasteiger partial charge is 0.245 e. The zero-order valence-corrected chi connectivity index (χ0v) is 17.5. The van der Waals surface area contributed by atoms with Crippen LogP contribution in [0, 0.1) is 13.8 Å². The molecule has 2 N–H and O–H groups in total. The molecule has 152 valence electrons. The molecule has 0 saturated carbocycles. The van der Waals surface area contributed by atoms with Gasteiger partial charge in [0, 0.05) is 0 Å². The molecule has 28 heavy (non-hydrogen) atoms. The van der Waals surface area contributed by atoms with Crippen LogP contribution in [0.4, 0.5) is 0 Å². The van der Waals surface area contributed by atoms with Gasteiger partial charge in [0.15, 0.2) is 0 Å². The number of sulfonamides is 1. The minimum absolute atomic E-state index is 0.170. The summed E-state index contributed by atoms with van der Waals surface area (Å²) in [5.41, 5.74) is 2.97. The average molecular weight is 406 g/mol. The van der Waals surface area contributed by atoms with E-state index < -0.39 is 10.0 Å². The summed E-state index contributed by atoms with van der Waals surface area (Å²) >= 11 is 0. The van der Waals surface area contributed by atoms with Crippen LogP contribution in [-0.4, -0.2) is 48.4 Å². The van der Waals surface area contributed by atoms with Crippen LogP contribution in [0.3, 0.4) is 0 Å². The molecule has 0 aromatic heterocycles. The molecule has 7 heteroatoms. The number of rotatable bonds is 7. The van der Waals surface area contributed by atoms with Crippen molar-refractivity contribution >= 4 is 10.0 Å². The summed E-state index contributed by atoms with van der Waals surface area (Å²) in [7, 11) is -2.27. The number of benzene rings is 2. The number of nitrogens with one attached hydrogen (secondary N) is 2. The summed E-state index contributed by atoms with van der Waals surface area (Å²) in [6.07, 6.45) is 0. The highest BCUT2D eigenvalue weighted by molar-refractivity contribution is 7.89. The first-order valence-electron chi connectivity index (χ1n) is 9.54. The fourth-order valence-corrected chi connectivity index (χ4v) is 4.90. The van der Waals surface area contributed by atoms with Gasteiger partial charge in [-0.3, -0.25) is 0 Å². The van der Waals surface area contributed by atoms with Gasteiger partial charge in [0.05, 0.1) is 32.9 Å². The molecular formula is C21H29N2O4S+. The van der Waals surface area contributed by atoms with Crippen LogP contribution in [0.2, 0.25) is 0 Å². The summed E-state index contributed by atoms with van der Waals surface area (Å²) in [6.45, 7) is 7.71. The third-order valence-corrected chi connectivity index (χ3v) is 6.57.